The predicted molar refractivity (Wildman–Crippen MR) is 63.8 cm³/mol. The molecule has 1 aromatic heterocycles. The van der Waals surface area contributed by atoms with Gasteiger partial charge in [-0.2, -0.15) is 0 Å². The van der Waals surface area contributed by atoms with Crippen LogP contribution in [0, 0.1) is 5.92 Å². The van der Waals surface area contributed by atoms with Crippen LogP contribution in [0.2, 0.25) is 0 Å². The summed E-state index contributed by atoms with van der Waals surface area (Å²) in [6.45, 7) is 2.11. The zero-order valence-corrected chi connectivity index (χ0v) is 10.1. The van der Waals surface area contributed by atoms with E-state index < -0.39 is 0 Å². The summed E-state index contributed by atoms with van der Waals surface area (Å²) >= 11 is 0. The summed E-state index contributed by atoms with van der Waals surface area (Å²) in [5, 5.41) is 12.2. The van der Waals surface area contributed by atoms with Crippen molar-refractivity contribution in [2.24, 2.45) is 5.92 Å². The van der Waals surface area contributed by atoms with Crippen LogP contribution in [-0.4, -0.2) is 23.7 Å². The summed E-state index contributed by atoms with van der Waals surface area (Å²) in [4.78, 5) is 12.1. The van der Waals surface area contributed by atoms with Crippen molar-refractivity contribution in [3.63, 3.8) is 0 Å². The van der Waals surface area contributed by atoms with Crippen LogP contribution < -0.4 is 5.32 Å². The van der Waals surface area contributed by atoms with Gasteiger partial charge < -0.3 is 14.8 Å². The summed E-state index contributed by atoms with van der Waals surface area (Å²) in [7, 11) is 0. The minimum absolute atomic E-state index is 0.0825. The zero-order chi connectivity index (χ0) is 12.3. The number of aryl methyl sites for hydroxylation is 1. The lowest BCUT2D eigenvalue weighted by Gasteiger charge is -2.18. The Hall–Kier alpha value is -1.29. The molecular formula is C13H19NO3. The molecule has 1 aromatic rings. The lowest BCUT2D eigenvalue weighted by molar-refractivity contribution is 0.0914. The van der Waals surface area contributed by atoms with Gasteiger partial charge in [0.1, 0.15) is 5.76 Å². The van der Waals surface area contributed by atoms with Gasteiger partial charge in [-0.1, -0.05) is 13.3 Å². The molecule has 0 aliphatic heterocycles. The van der Waals surface area contributed by atoms with Crippen molar-refractivity contribution in [2.45, 2.75) is 38.6 Å². The van der Waals surface area contributed by atoms with Gasteiger partial charge in [-0.25, -0.2) is 0 Å². The Bertz CT molecular complexity index is 386. The van der Waals surface area contributed by atoms with E-state index in [1.54, 1.807) is 12.3 Å². The van der Waals surface area contributed by atoms with Crippen LogP contribution in [-0.2, 0) is 6.42 Å². The van der Waals surface area contributed by atoms with Crippen molar-refractivity contribution in [2.75, 3.05) is 6.61 Å². The summed E-state index contributed by atoms with van der Waals surface area (Å²) in [5.41, 5.74) is 0.621. The SMILES string of the molecule is CCc1occc1C(=O)NC1CCCC1CO. The Morgan fingerprint density at radius 2 is 2.41 bits per heavy atom. The molecule has 1 aliphatic rings. The van der Waals surface area contributed by atoms with Crippen molar-refractivity contribution in [3.8, 4) is 0 Å². The van der Waals surface area contributed by atoms with Crippen molar-refractivity contribution >= 4 is 5.91 Å². The molecule has 0 saturated heterocycles. The third-order valence-electron chi connectivity index (χ3n) is 3.52. The first kappa shape index (κ1) is 12.2. The van der Waals surface area contributed by atoms with Gasteiger partial charge in [-0.15, -0.1) is 0 Å². The lowest BCUT2D eigenvalue weighted by Crippen LogP contribution is -2.38. The predicted octanol–water partition coefficient (Wildman–Crippen LogP) is 1.73. The molecule has 0 spiro atoms. The average molecular weight is 237 g/mol. The minimum atomic E-state index is -0.0825. The Balaban J connectivity index is 2.01. The highest BCUT2D eigenvalue weighted by Crippen LogP contribution is 2.25. The number of furan rings is 1. The van der Waals surface area contributed by atoms with E-state index in [1.807, 2.05) is 6.92 Å². The van der Waals surface area contributed by atoms with Crippen LogP contribution in [0.1, 0.15) is 42.3 Å². The van der Waals surface area contributed by atoms with Gasteiger partial charge in [-0.3, -0.25) is 4.79 Å². The van der Waals surface area contributed by atoms with Crippen molar-refractivity contribution in [3.05, 3.63) is 23.7 Å². The molecule has 0 aromatic carbocycles. The highest BCUT2D eigenvalue weighted by molar-refractivity contribution is 5.95. The number of hydrogen-bond acceptors (Lipinski definition) is 3. The number of carbonyl (C=O) groups excluding carboxylic acids is 1. The second-order valence-corrected chi connectivity index (χ2v) is 4.56. The van der Waals surface area contributed by atoms with Crippen LogP contribution in [0.25, 0.3) is 0 Å². The first-order valence-electron chi connectivity index (χ1n) is 6.24. The number of rotatable bonds is 4. The molecule has 1 fully saturated rings. The Morgan fingerprint density at radius 1 is 1.59 bits per heavy atom. The van der Waals surface area contributed by atoms with Gasteiger partial charge in [0.25, 0.3) is 5.91 Å². The molecule has 2 rings (SSSR count). The van der Waals surface area contributed by atoms with Crippen LogP contribution in [0.3, 0.4) is 0 Å². The first-order valence-corrected chi connectivity index (χ1v) is 6.24. The number of carbonyl (C=O) groups is 1. The van der Waals surface area contributed by atoms with Gasteiger partial charge in [0.2, 0.25) is 0 Å². The molecule has 1 aliphatic carbocycles. The summed E-state index contributed by atoms with van der Waals surface area (Å²) in [5.74, 6) is 0.845. The van der Waals surface area contributed by atoms with E-state index in [2.05, 4.69) is 5.32 Å². The Labute approximate surface area is 101 Å². The second kappa shape index (κ2) is 5.36. The molecule has 0 radical (unpaired) electrons. The molecule has 94 valence electrons. The average Bonchev–Trinajstić information content (AvgIpc) is 2.96. The molecule has 4 heteroatoms. The standard InChI is InChI=1S/C13H19NO3/c1-2-12-10(6-7-17-12)13(16)14-11-5-3-4-9(11)8-15/h6-7,9,11,15H,2-5,8H2,1H3,(H,14,16). The Kier molecular flexibility index (Phi) is 3.84. The van der Waals surface area contributed by atoms with Crippen LogP contribution >= 0.6 is 0 Å². The second-order valence-electron chi connectivity index (χ2n) is 4.56. The minimum Gasteiger partial charge on any atom is -0.469 e. The van der Waals surface area contributed by atoms with Crippen LogP contribution in [0.5, 0.6) is 0 Å². The van der Waals surface area contributed by atoms with Gasteiger partial charge in [0.05, 0.1) is 11.8 Å². The monoisotopic (exact) mass is 237 g/mol. The van der Waals surface area contributed by atoms with E-state index in [-0.39, 0.29) is 24.5 Å². The maximum absolute atomic E-state index is 12.1. The fraction of sp³-hybridized carbons (Fsp3) is 0.615. The van der Waals surface area contributed by atoms with E-state index in [9.17, 15) is 9.90 Å². The number of aliphatic hydroxyl groups excluding tert-OH is 1. The van der Waals surface area contributed by atoms with E-state index in [1.165, 1.54) is 0 Å². The van der Waals surface area contributed by atoms with Gasteiger partial charge in [-0.05, 0) is 18.9 Å². The molecule has 2 N–H and O–H groups in total. The molecule has 17 heavy (non-hydrogen) atoms. The fourth-order valence-corrected chi connectivity index (χ4v) is 2.51. The van der Waals surface area contributed by atoms with Crippen LogP contribution in [0.4, 0.5) is 0 Å². The summed E-state index contributed by atoms with van der Waals surface area (Å²) in [6.07, 6.45) is 5.28. The van der Waals surface area contributed by atoms with Crippen molar-refractivity contribution in [1.29, 1.82) is 0 Å². The summed E-state index contributed by atoms with van der Waals surface area (Å²) < 4.78 is 5.24. The smallest absolute Gasteiger partial charge is 0.255 e. The quantitative estimate of drug-likeness (QED) is 0.838. The Morgan fingerprint density at radius 3 is 3.12 bits per heavy atom. The zero-order valence-electron chi connectivity index (χ0n) is 10.1. The maximum Gasteiger partial charge on any atom is 0.255 e. The first-order chi connectivity index (χ1) is 8.26. The van der Waals surface area contributed by atoms with E-state index in [0.717, 1.165) is 25.0 Å². The highest BCUT2D eigenvalue weighted by atomic mass is 16.3. The molecule has 1 heterocycles. The van der Waals surface area contributed by atoms with Gasteiger partial charge in [0.15, 0.2) is 0 Å². The molecule has 1 amide bonds. The topological polar surface area (TPSA) is 62.5 Å². The van der Waals surface area contributed by atoms with E-state index in [0.29, 0.717) is 12.0 Å². The van der Waals surface area contributed by atoms with E-state index in [4.69, 9.17) is 4.42 Å². The van der Waals surface area contributed by atoms with E-state index >= 15 is 0 Å². The third kappa shape index (κ3) is 2.52. The largest absolute Gasteiger partial charge is 0.469 e. The molecule has 2 atom stereocenters. The van der Waals surface area contributed by atoms with Crippen LogP contribution in [0.15, 0.2) is 16.7 Å². The fourth-order valence-electron chi connectivity index (χ4n) is 2.51. The molecular weight excluding hydrogens is 218 g/mol. The van der Waals surface area contributed by atoms with Gasteiger partial charge >= 0.3 is 0 Å². The number of nitrogens with one attached hydrogen (secondary N) is 1. The molecule has 1 saturated carbocycles. The number of amides is 1. The number of aliphatic hydroxyl groups is 1. The lowest BCUT2D eigenvalue weighted by atomic mass is 10.0. The molecule has 4 nitrogen and oxygen atoms in total. The molecule has 0 bridgehead atoms. The highest BCUT2D eigenvalue weighted by Gasteiger charge is 2.28. The molecule has 2 unspecified atom stereocenters. The number of hydrogen-bond donors (Lipinski definition) is 2. The summed E-state index contributed by atoms with van der Waals surface area (Å²) in [6, 6.07) is 1.81. The maximum atomic E-state index is 12.1. The van der Waals surface area contributed by atoms with Gasteiger partial charge in [0, 0.05) is 25.0 Å². The normalized spacial score (nSPS) is 23.9. The third-order valence-corrected chi connectivity index (χ3v) is 3.52. The van der Waals surface area contributed by atoms with Crippen molar-refractivity contribution < 1.29 is 14.3 Å². The van der Waals surface area contributed by atoms with Crippen molar-refractivity contribution in [1.82, 2.24) is 5.32 Å².